The summed E-state index contributed by atoms with van der Waals surface area (Å²) in [6.07, 6.45) is -7.33. The third kappa shape index (κ3) is 3.83. The molecule has 0 saturated heterocycles. The van der Waals surface area contributed by atoms with Crippen molar-refractivity contribution >= 4 is 17.2 Å². The minimum Gasteiger partial charge on any atom is -0.382 e. The number of aromatic nitrogens is 1. The van der Waals surface area contributed by atoms with E-state index in [1.54, 1.807) is 0 Å². The summed E-state index contributed by atoms with van der Waals surface area (Å²) < 4.78 is 36.9. The lowest BCUT2D eigenvalue weighted by Crippen LogP contribution is -2.41. The Morgan fingerprint density at radius 2 is 2.00 bits per heavy atom. The first-order valence-electron chi connectivity index (χ1n) is 6.30. The van der Waals surface area contributed by atoms with Crippen LogP contribution in [0.2, 0.25) is 0 Å². The summed E-state index contributed by atoms with van der Waals surface area (Å²) >= 11 is 1.23. The first kappa shape index (κ1) is 16.4. The van der Waals surface area contributed by atoms with Crippen LogP contribution in [-0.2, 0) is 0 Å². The number of amides is 1. The molecule has 2 rings (SSSR count). The van der Waals surface area contributed by atoms with E-state index in [1.165, 1.54) is 23.8 Å². The predicted molar refractivity (Wildman–Crippen MR) is 76.6 cm³/mol. The van der Waals surface area contributed by atoms with Gasteiger partial charge >= 0.3 is 6.18 Å². The summed E-state index contributed by atoms with van der Waals surface area (Å²) in [4.78, 5) is 17.0. The van der Waals surface area contributed by atoms with Crippen molar-refractivity contribution in [2.45, 2.75) is 12.3 Å². The maximum absolute atomic E-state index is 12.3. The molecule has 0 aliphatic heterocycles. The highest BCUT2D eigenvalue weighted by atomic mass is 32.1. The van der Waals surface area contributed by atoms with Crippen LogP contribution in [0.5, 0.6) is 0 Å². The van der Waals surface area contributed by atoms with Gasteiger partial charge in [0.1, 0.15) is 10.7 Å². The highest BCUT2D eigenvalue weighted by Gasteiger charge is 2.39. The van der Waals surface area contributed by atoms with Crippen LogP contribution in [0.4, 0.5) is 13.2 Å². The van der Waals surface area contributed by atoms with Gasteiger partial charge in [0.05, 0.1) is 6.54 Å². The Morgan fingerprint density at radius 1 is 1.36 bits per heavy atom. The van der Waals surface area contributed by atoms with Crippen molar-refractivity contribution in [2.75, 3.05) is 13.6 Å². The second-order valence-corrected chi connectivity index (χ2v) is 5.51. The lowest BCUT2D eigenvalue weighted by atomic mass is 10.2. The van der Waals surface area contributed by atoms with Gasteiger partial charge in [0.2, 0.25) is 0 Å². The van der Waals surface area contributed by atoms with Crippen molar-refractivity contribution in [3.05, 3.63) is 41.4 Å². The van der Waals surface area contributed by atoms with E-state index >= 15 is 0 Å². The Bertz CT molecular complexity index is 643. The largest absolute Gasteiger partial charge is 0.416 e. The van der Waals surface area contributed by atoms with Crippen LogP contribution >= 0.6 is 11.3 Å². The van der Waals surface area contributed by atoms with Gasteiger partial charge in [0, 0.05) is 18.0 Å². The van der Waals surface area contributed by atoms with Crippen molar-refractivity contribution in [3.63, 3.8) is 0 Å². The number of aliphatic hydroxyl groups is 1. The summed E-state index contributed by atoms with van der Waals surface area (Å²) in [5.41, 5.74) is 0.880. The third-order valence-corrected chi connectivity index (χ3v) is 3.81. The highest BCUT2D eigenvalue weighted by Crippen LogP contribution is 2.24. The average Bonchev–Trinajstić information content (AvgIpc) is 2.96. The normalized spacial score (nSPS) is 13.0. The molecule has 1 atom stereocenters. The van der Waals surface area contributed by atoms with Gasteiger partial charge in [-0.15, -0.1) is 11.3 Å². The molecule has 0 radical (unpaired) electrons. The molecule has 1 amide bonds. The monoisotopic (exact) mass is 330 g/mol. The summed E-state index contributed by atoms with van der Waals surface area (Å²) in [6, 6.07) is 9.14. The lowest BCUT2D eigenvalue weighted by molar-refractivity contribution is -0.205. The zero-order valence-corrected chi connectivity index (χ0v) is 12.4. The molecule has 1 heterocycles. The van der Waals surface area contributed by atoms with Gasteiger partial charge in [-0.25, -0.2) is 4.98 Å². The van der Waals surface area contributed by atoms with Gasteiger partial charge in [-0.2, -0.15) is 13.2 Å². The SMILES string of the molecule is CN(CC(O)C(F)(F)F)C(=O)c1csc(-c2ccccc2)n1. The number of benzene rings is 1. The van der Waals surface area contributed by atoms with Crippen molar-refractivity contribution in [3.8, 4) is 10.6 Å². The number of rotatable bonds is 4. The molecular formula is C14H13F3N2O2S. The van der Waals surface area contributed by atoms with E-state index in [0.29, 0.717) is 5.01 Å². The number of nitrogens with zero attached hydrogens (tertiary/aromatic N) is 2. The molecule has 8 heteroatoms. The number of hydrogen-bond acceptors (Lipinski definition) is 4. The highest BCUT2D eigenvalue weighted by molar-refractivity contribution is 7.13. The number of carbonyl (C=O) groups excluding carboxylic acids is 1. The Hall–Kier alpha value is -1.93. The van der Waals surface area contributed by atoms with Crippen LogP contribution in [-0.4, -0.2) is 46.8 Å². The maximum Gasteiger partial charge on any atom is 0.416 e. The predicted octanol–water partition coefficient (Wildman–Crippen LogP) is 2.81. The molecule has 0 bridgehead atoms. The first-order chi connectivity index (χ1) is 10.3. The molecule has 0 aliphatic carbocycles. The molecule has 0 spiro atoms. The van der Waals surface area contributed by atoms with Crippen LogP contribution in [0.15, 0.2) is 35.7 Å². The number of aliphatic hydroxyl groups excluding tert-OH is 1. The van der Waals surface area contributed by atoms with E-state index in [9.17, 15) is 18.0 Å². The number of alkyl halides is 3. The number of halogens is 3. The summed E-state index contributed by atoms with van der Waals surface area (Å²) in [5.74, 6) is -0.665. The zero-order chi connectivity index (χ0) is 16.3. The van der Waals surface area contributed by atoms with E-state index < -0.39 is 24.7 Å². The smallest absolute Gasteiger partial charge is 0.382 e. The molecule has 0 aliphatic rings. The van der Waals surface area contributed by atoms with E-state index in [1.807, 2.05) is 30.3 Å². The van der Waals surface area contributed by atoms with Crippen LogP contribution in [0.1, 0.15) is 10.5 Å². The van der Waals surface area contributed by atoms with E-state index in [4.69, 9.17) is 5.11 Å². The van der Waals surface area contributed by atoms with Crippen molar-refractivity contribution in [1.82, 2.24) is 9.88 Å². The first-order valence-corrected chi connectivity index (χ1v) is 7.18. The Balaban J connectivity index is 2.09. The minimum absolute atomic E-state index is 0.0562. The fraction of sp³-hybridized carbons (Fsp3) is 0.286. The van der Waals surface area contributed by atoms with E-state index in [0.717, 1.165) is 10.5 Å². The lowest BCUT2D eigenvalue weighted by Gasteiger charge is -2.21. The molecule has 2 aromatic rings. The Kier molecular flexibility index (Phi) is 4.82. The Morgan fingerprint density at radius 3 is 2.59 bits per heavy atom. The molecule has 1 N–H and O–H groups in total. The quantitative estimate of drug-likeness (QED) is 0.938. The Labute approximate surface area is 128 Å². The van der Waals surface area contributed by atoms with Gasteiger partial charge < -0.3 is 10.0 Å². The van der Waals surface area contributed by atoms with E-state index in [2.05, 4.69) is 4.98 Å². The van der Waals surface area contributed by atoms with Gasteiger partial charge in [-0.1, -0.05) is 30.3 Å². The van der Waals surface area contributed by atoms with Crippen molar-refractivity contribution < 1.29 is 23.1 Å². The standard InChI is InChI=1S/C14H13F3N2O2S/c1-19(7-11(20)14(15,16)17)13(21)10-8-22-12(18-10)9-5-3-2-4-6-9/h2-6,8,11,20H,7H2,1H3. The molecule has 0 saturated carbocycles. The molecule has 22 heavy (non-hydrogen) atoms. The fourth-order valence-electron chi connectivity index (χ4n) is 1.73. The second-order valence-electron chi connectivity index (χ2n) is 4.65. The zero-order valence-electron chi connectivity index (χ0n) is 11.5. The molecule has 1 aromatic heterocycles. The van der Waals surface area contributed by atoms with Gasteiger partial charge in [-0.05, 0) is 0 Å². The summed E-state index contributed by atoms with van der Waals surface area (Å²) in [6.45, 7) is -0.833. The maximum atomic E-state index is 12.3. The minimum atomic E-state index is -4.76. The summed E-state index contributed by atoms with van der Waals surface area (Å²) in [5, 5.41) is 11.1. The van der Waals surface area contributed by atoms with Gasteiger partial charge in [0.15, 0.2) is 6.10 Å². The van der Waals surface area contributed by atoms with Gasteiger partial charge in [-0.3, -0.25) is 4.79 Å². The molecule has 1 aromatic carbocycles. The fourth-order valence-corrected chi connectivity index (χ4v) is 2.53. The molecule has 0 fully saturated rings. The molecular weight excluding hydrogens is 317 g/mol. The third-order valence-electron chi connectivity index (χ3n) is 2.92. The molecule has 118 valence electrons. The number of thiazole rings is 1. The number of likely N-dealkylation sites (N-methyl/N-ethyl adjacent to an activating group) is 1. The van der Waals surface area contributed by atoms with Gasteiger partial charge in [0.25, 0.3) is 5.91 Å². The van der Waals surface area contributed by atoms with Crippen LogP contribution in [0.25, 0.3) is 10.6 Å². The number of hydrogen-bond donors (Lipinski definition) is 1. The van der Waals surface area contributed by atoms with Crippen molar-refractivity contribution in [1.29, 1.82) is 0 Å². The topological polar surface area (TPSA) is 53.4 Å². The summed E-state index contributed by atoms with van der Waals surface area (Å²) in [7, 11) is 1.19. The molecule has 1 unspecified atom stereocenters. The van der Waals surface area contributed by atoms with Crippen LogP contribution in [0, 0.1) is 0 Å². The van der Waals surface area contributed by atoms with Crippen molar-refractivity contribution in [2.24, 2.45) is 0 Å². The second kappa shape index (κ2) is 6.45. The molecule has 4 nitrogen and oxygen atoms in total. The van der Waals surface area contributed by atoms with Crippen LogP contribution in [0.3, 0.4) is 0 Å². The van der Waals surface area contributed by atoms with Crippen LogP contribution < -0.4 is 0 Å². The van der Waals surface area contributed by atoms with E-state index in [-0.39, 0.29) is 5.69 Å². The number of carbonyl (C=O) groups is 1. The average molecular weight is 330 g/mol.